The first-order valence-electron chi connectivity index (χ1n) is 13.8. The van der Waals surface area contributed by atoms with E-state index in [9.17, 15) is 4.79 Å². The number of piperidine rings is 1. The molecule has 8 nitrogen and oxygen atoms in total. The Morgan fingerprint density at radius 3 is 2.63 bits per heavy atom. The molecule has 4 aromatic rings. The molecule has 0 bridgehead atoms. The van der Waals surface area contributed by atoms with E-state index >= 15 is 4.39 Å². The average molecular weight is 620 g/mol. The van der Waals surface area contributed by atoms with Gasteiger partial charge in [0.1, 0.15) is 11.6 Å². The van der Waals surface area contributed by atoms with Gasteiger partial charge in [-0.05, 0) is 62.2 Å². The van der Waals surface area contributed by atoms with Crippen LogP contribution in [0.25, 0.3) is 11.3 Å². The monoisotopic (exact) mass is 618 g/mol. The normalized spacial score (nSPS) is 15.6. The molecule has 2 aliphatic rings. The summed E-state index contributed by atoms with van der Waals surface area (Å²) >= 11 is 13.0. The van der Waals surface area contributed by atoms with Crippen LogP contribution in [0.2, 0.25) is 10.0 Å². The van der Waals surface area contributed by atoms with Gasteiger partial charge >= 0.3 is 0 Å². The van der Waals surface area contributed by atoms with Crippen LogP contribution < -0.4 is 15.8 Å². The zero-order valence-electron chi connectivity index (χ0n) is 23.6. The molecule has 1 aromatic heterocycles. The third-order valence-corrected chi connectivity index (χ3v) is 8.39. The lowest BCUT2D eigenvalue weighted by Crippen LogP contribution is -2.49. The van der Waals surface area contributed by atoms with E-state index in [1.807, 2.05) is 13.0 Å². The van der Waals surface area contributed by atoms with Crippen molar-refractivity contribution in [2.24, 2.45) is 10.7 Å². The van der Waals surface area contributed by atoms with E-state index < -0.39 is 5.82 Å². The molecule has 1 amide bonds. The van der Waals surface area contributed by atoms with E-state index in [1.54, 1.807) is 53.6 Å². The summed E-state index contributed by atoms with van der Waals surface area (Å²) in [7, 11) is 1.49. The van der Waals surface area contributed by atoms with E-state index in [0.717, 1.165) is 24.0 Å². The van der Waals surface area contributed by atoms with Gasteiger partial charge in [0.05, 0.1) is 41.2 Å². The second-order valence-electron chi connectivity index (χ2n) is 11.0. The molecule has 0 atom stereocenters. The standard InChI is InChI=1S/C32H29Cl2FN6O2/c1-32(36)10-12-41(13-11-32)30(42)22-9-7-20(15-24(22)34)39-31-38-17-18-16-37-29(27-25(35)4-3-5-26(27)43-2)23-14-19(33)6-8-21(23)28(18)40-31/h3-9,14-15,17H,10-13,16,36H2,1-2H3,(H,38,39,40). The molecule has 0 aliphatic carbocycles. The summed E-state index contributed by atoms with van der Waals surface area (Å²) < 4.78 is 20.6. The number of aliphatic imine (C=N–C) groups is 1. The number of rotatable bonds is 5. The average Bonchev–Trinajstić information content (AvgIpc) is 3.13. The Hall–Kier alpha value is -4.05. The van der Waals surface area contributed by atoms with Gasteiger partial charge < -0.3 is 20.7 Å². The number of nitrogens with two attached hydrogens (primary N) is 1. The van der Waals surface area contributed by atoms with Crippen LogP contribution in [0, 0.1) is 5.82 Å². The van der Waals surface area contributed by atoms with Gasteiger partial charge in [-0.15, -0.1) is 0 Å². The van der Waals surface area contributed by atoms with Gasteiger partial charge in [-0.25, -0.2) is 14.4 Å². The molecule has 0 unspecified atom stereocenters. The van der Waals surface area contributed by atoms with Crippen molar-refractivity contribution in [3.05, 3.63) is 98.9 Å². The molecule has 3 heterocycles. The molecule has 6 rings (SSSR count). The van der Waals surface area contributed by atoms with E-state index in [2.05, 4.69) is 10.3 Å². The minimum absolute atomic E-state index is 0.120. The molecule has 1 fully saturated rings. The minimum atomic E-state index is -0.458. The Labute approximate surface area is 258 Å². The third kappa shape index (κ3) is 5.80. The molecule has 11 heteroatoms. The van der Waals surface area contributed by atoms with Gasteiger partial charge in [0, 0.05) is 52.2 Å². The van der Waals surface area contributed by atoms with Crippen molar-refractivity contribution in [2.45, 2.75) is 31.8 Å². The topological polar surface area (TPSA) is 106 Å². The molecule has 0 radical (unpaired) electrons. The molecule has 3 N–H and O–H groups in total. The largest absolute Gasteiger partial charge is 0.496 e. The third-order valence-electron chi connectivity index (χ3n) is 7.84. The summed E-state index contributed by atoms with van der Waals surface area (Å²) in [6.45, 7) is 3.41. The number of hydrogen-bond donors (Lipinski definition) is 2. The van der Waals surface area contributed by atoms with Crippen LogP contribution in [-0.4, -0.2) is 52.2 Å². The van der Waals surface area contributed by atoms with Gasteiger partial charge in [0.2, 0.25) is 5.95 Å². The van der Waals surface area contributed by atoms with Gasteiger partial charge in [-0.3, -0.25) is 9.79 Å². The number of anilines is 2. The molecular formula is C32H29Cl2FN6O2. The van der Waals surface area contributed by atoms with Gasteiger partial charge in [-0.1, -0.05) is 35.3 Å². The molecular weight excluding hydrogens is 590 g/mol. The lowest BCUT2D eigenvalue weighted by molar-refractivity contribution is 0.0681. The quantitative estimate of drug-likeness (QED) is 0.259. The highest BCUT2D eigenvalue weighted by Gasteiger charge is 2.30. The number of halogens is 3. The van der Waals surface area contributed by atoms with Gasteiger partial charge in [-0.2, -0.15) is 0 Å². The second kappa shape index (κ2) is 11.6. The van der Waals surface area contributed by atoms with Crippen LogP contribution in [0.15, 0.2) is 65.8 Å². The maximum absolute atomic E-state index is 15.2. The zero-order chi connectivity index (χ0) is 30.3. The Balaban J connectivity index is 1.30. The molecule has 43 heavy (non-hydrogen) atoms. The molecule has 0 saturated carbocycles. The summed E-state index contributed by atoms with van der Waals surface area (Å²) in [4.78, 5) is 29.0. The number of fused-ring (bicyclic) bond motifs is 3. The summed E-state index contributed by atoms with van der Waals surface area (Å²) in [6.07, 6.45) is 3.16. The van der Waals surface area contributed by atoms with E-state index in [-0.39, 0.29) is 23.6 Å². The van der Waals surface area contributed by atoms with Crippen LogP contribution in [0.3, 0.4) is 0 Å². The Bertz CT molecular complexity index is 1770. The first-order chi connectivity index (χ1) is 20.6. The van der Waals surface area contributed by atoms with Crippen molar-refractivity contribution in [3.63, 3.8) is 0 Å². The fourth-order valence-corrected chi connectivity index (χ4v) is 5.82. The van der Waals surface area contributed by atoms with Crippen molar-refractivity contribution in [2.75, 3.05) is 25.5 Å². The van der Waals surface area contributed by atoms with Crippen LogP contribution in [-0.2, 0) is 6.54 Å². The number of carbonyl (C=O) groups is 1. The summed E-state index contributed by atoms with van der Waals surface area (Å²) in [5.74, 6) is 0.104. The van der Waals surface area contributed by atoms with Gasteiger partial charge in [0.15, 0.2) is 0 Å². The van der Waals surface area contributed by atoms with Crippen molar-refractivity contribution >= 4 is 46.5 Å². The minimum Gasteiger partial charge on any atom is -0.496 e. The number of likely N-dealkylation sites (tertiary alicyclic amines) is 1. The molecule has 220 valence electrons. The number of benzene rings is 3. The first-order valence-corrected chi connectivity index (χ1v) is 14.6. The highest BCUT2D eigenvalue weighted by molar-refractivity contribution is 6.34. The van der Waals surface area contributed by atoms with E-state index in [4.69, 9.17) is 43.6 Å². The number of ether oxygens (including phenoxy) is 1. The number of nitrogens with zero attached hydrogens (tertiary/aromatic N) is 4. The van der Waals surface area contributed by atoms with E-state index in [0.29, 0.717) is 63.1 Å². The maximum atomic E-state index is 15.2. The SMILES string of the molecule is COc1cccc(F)c1C1=NCc2cnc(Nc3ccc(C(=O)N4CCC(C)(N)CC4)c(Cl)c3)nc2-c2ccc(Cl)cc21. The van der Waals surface area contributed by atoms with Crippen molar-refractivity contribution in [1.29, 1.82) is 0 Å². The first kappa shape index (κ1) is 29.0. The number of hydrogen-bond acceptors (Lipinski definition) is 7. The number of methoxy groups -OCH3 is 1. The number of nitrogens with one attached hydrogen (secondary N) is 1. The Morgan fingerprint density at radius 2 is 1.88 bits per heavy atom. The van der Waals surface area contributed by atoms with Crippen molar-refractivity contribution < 1.29 is 13.9 Å². The highest BCUT2D eigenvalue weighted by atomic mass is 35.5. The van der Waals surface area contributed by atoms with Crippen LogP contribution in [0.5, 0.6) is 5.75 Å². The molecule has 3 aromatic carbocycles. The smallest absolute Gasteiger partial charge is 0.255 e. The lowest BCUT2D eigenvalue weighted by atomic mass is 9.91. The summed E-state index contributed by atoms with van der Waals surface area (Å²) in [6, 6.07) is 15.1. The molecule has 0 spiro atoms. The Morgan fingerprint density at radius 1 is 1.09 bits per heavy atom. The fourth-order valence-electron chi connectivity index (χ4n) is 5.39. The predicted octanol–water partition coefficient (Wildman–Crippen LogP) is 6.65. The Kier molecular flexibility index (Phi) is 7.81. The van der Waals surface area contributed by atoms with Crippen molar-refractivity contribution in [3.8, 4) is 17.0 Å². The fraction of sp³-hybridized carbons (Fsp3) is 0.250. The number of carbonyl (C=O) groups excluding carboxylic acids is 1. The second-order valence-corrected chi connectivity index (χ2v) is 11.8. The maximum Gasteiger partial charge on any atom is 0.255 e. The molecule has 2 aliphatic heterocycles. The summed E-state index contributed by atoms with van der Waals surface area (Å²) in [5.41, 5.74) is 10.4. The van der Waals surface area contributed by atoms with E-state index in [1.165, 1.54) is 13.2 Å². The zero-order valence-corrected chi connectivity index (χ0v) is 25.1. The van der Waals surface area contributed by atoms with Crippen LogP contribution in [0.1, 0.15) is 46.8 Å². The predicted molar refractivity (Wildman–Crippen MR) is 167 cm³/mol. The van der Waals surface area contributed by atoms with Crippen LogP contribution >= 0.6 is 23.2 Å². The lowest BCUT2D eigenvalue weighted by Gasteiger charge is -2.36. The molecule has 1 saturated heterocycles. The van der Waals surface area contributed by atoms with Crippen molar-refractivity contribution in [1.82, 2.24) is 14.9 Å². The number of aromatic nitrogens is 2. The van der Waals surface area contributed by atoms with Gasteiger partial charge in [0.25, 0.3) is 5.91 Å². The van der Waals surface area contributed by atoms with Crippen LogP contribution in [0.4, 0.5) is 16.0 Å². The summed E-state index contributed by atoms with van der Waals surface area (Å²) in [5, 5.41) is 3.99. The number of amides is 1. The highest BCUT2D eigenvalue weighted by Crippen LogP contribution is 2.36.